The summed E-state index contributed by atoms with van der Waals surface area (Å²) in [7, 11) is 0. The van der Waals surface area contributed by atoms with Gasteiger partial charge in [-0.1, -0.05) is 72.8 Å². The summed E-state index contributed by atoms with van der Waals surface area (Å²) in [5, 5.41) is 12.7. The second-order valence-corrected chi connectivity index (χ2v) is 7.45. The van der Waals surface area contributed by atoms with Crippen LogP contribution in [-0.4, -0.2) is 5.91 Å². The number of hydrogen-bond acceptors (Lipinski definition) is 3. The Morgan fingerprint density at radius 2 is 1.45 bits per heavy atom. The first kappa shape index (κ1) is 19.0. The molecule has 5 heteroatoms. The van der Waals surface area contributed by atoms with E-state index in [0.29, 0.717) is 22.5 Å². The van der Waals surface area contributed by atoms with E-state index in [4.69, 9.17) is 4.42 Å². The van der Waals surface area contributed by atoms with Gasteiger partial charge in [0.2, 0.25) is 5.88 Å². The Labute approximate surface area is 181 Å². The molecule has 1 heterocycles. The number of carbonyl (C=O) groups is 1. The van der Waals surface area contributed by atoms with Gasteiger partial charge < -0.3 is 4.42 Å². The van der Waals surface area contributed by atoms with Gasteiger partial charge in [-0.3, -0.25) is 10.1 Å². The smallest absolute Gasteiger partial charge is 0.259 e. The summed E-state index contributed by atoms with van der Waals surface area (Å²) in [4.78, 5) is 12.8. The summed E-state index contributed by atoms with van der Waals surface area (Å²) < 4.78 is 6.87. The standard InChI is InChI=1S/C24H15IN2O2/c25-20-14-8-7-13-18(20)23(28)27-24-19(15-26)21(16-9-3-1-4-10-16)22(29-24)17-11-5-2-6-12-17/h1-14H,(H,27,28). The zero-order valence-corrected chi connectivity index (χ0v) is 17.4. The number of benzene rings is 3. The topological polar surface area (TPSA) is 66.0 Å². The Kier molecular flexibility index (Phi) is 5.45. The number of anilines is 1. The average molecular weight is 490 g/mol. The molecule has 0 unspecified atom stereocenters. The van der Waals surface area contributed by atoms with Gasteiger partial charge >= 0.3 is 0 Å². The van der Waals surface area contributed by atoms with Gasteiger partial charge in [0, 0.05) is 14.7 Å². The van der Waals surface area contributed by atoms with E-state index >= 15 is 0 Å². The number of rotatable bonds is 4. The van der Waals surface area contributed by atoms with Crippen LogP contribution in [0.2, 0.25) is 0 Å². The van der Waals surface area contributed by atoms with Crippen LogP contribution in [0, 0.1) is 14.9 Å². The molecule has 0 saturated heterocycles. The number of hydrogen-bond donors (Lipinski definition) is 1. The van der Waals surface area contributed by atoms with Gasteiger partial charge in [0.05, 0.1) is 5.56 Å². The van der Waals surface area contributed by atoms with Gasteiger partial charge in [-0.05, 0) is 40.3 Å². The number of nitrogens with one attached hydrogen (secondary N) is 1. The molecule has 1 aromatic heterocycles. The van der Waals surface area contributed by atoms with Crippen LogP contribution in [0.25, 0.3) is 22.5 Å². The highest BCUT2D eigenvalue weighted by molar-refractivity contribution is 14.1. The zero-order valence-electron chi connectivity index (χ0n) is 15.2. The molecule has 0 fully saturated rings. The Morgan fingerprint density at radius 3 is 2.07 bits per heavy atom. The number of halogens is 1. The summed E-state index contributed by atoms with van der Waals surface area (Å²) in [5.74, 6) is 0.376. The highest BCUT2D eigenvalue weighted by atomic mass is 127. The normalized spacial score (nSPS) is 10.3. The largest absolute Gasteiger partial charge is 0.438 e. The van der Waals surface area contributed by atoms with Gasteiger partial charge in [0.1, 0.15) is 17.4 Å². The SMILES string of the molecule is N#Cc1c(NC(=O)c2ccccc2I)oc(-c2ccccc2)c1-c1ccccc1. The van der Waals surface area contributed by atoms with E-state index in [-0.39, 0.29) is 11.8 Å². The van der Waals surface area contributed by atoms with E-state index in [9.17, 15) is 10.1 Å². The molecule has 0 saturated carbocycles. The van der Waals surface area contributed by atoms with Gasteiger partial charge in [0.15, 0.2) is 0 Å². The molecule has 4 nitrogen and oxygen atoms in total. The molecule has 1 amide bonds. The number of nitrogens with zero attached hydrogens (tertiary/aromatic N) is 1. The third kappa shape index (κ3) is 3.80. The van der Waals surface area contributed by atoms with Gasteiger partial charge in [-0.15, -0.1) is 0 Å². The van der Waals surface area contributed by atoms with Crippen LogP contribution in [0.1, 0.15) is 15.9 Å². The van der Waals surface area contributed by atoms with Crippen molar-refractivity contribution in [2.45, 2.75) is 0 Å². The van der Waals surface area contributed by atoms with Crippen LogP contribution >= 0.6 is 22.6 Å². The Balaban J connectivity index is 1.86. The molecule has 4 aromatic rings. The van der Waals surface area contributed by atoms with Crippen LogP contribution in [-0.2, 0) is 0 Å². The Bertz CT molecular complexity index is 1210. The monoisotopic (exact) mass is 490 g/mol. The van der Waals surface area contributed by atoms with E-state index in [1.807, 2.05) is 72.8 Å². The molecule has 1 N–H and O–H groups in total. The van der Waals surface area contributed by atoms with Crippen molar-refractivity contribution in [2.75, 3.05) is 5.32 Å². The molecular weight excluding hydrogens is 475 g/mol. The first-order valence-electron chi connectivity index (χ1n) is 8.92. The number of nitriles is 1. The third-order valence-electron chi connectivity index (χ3n) is 4.46. The minimum Gasteiger partial charge on any atom is -0.438 e. The Hall–Kier alpha value is -3.37. The van der Waals surface area contributed by atoms with Crippen LogP contribution in [0.5, 0.6) is 0 Å². The molecule has 140 valence electrons. The van der Waals surface area contributed by atoms with E-state index < -0.39 is 0 Å². The molecule has 3 aromatic carbocycles. The second kappa shape index (κ2) is 8.33. The summed E-state index contributed by atoms with van der Waals surface area (Å²) in [6, 6.07) is 28.6. The van der Waals surface area contributed by atoms with E-state index in [1.54, 1.807) is 12.1 Å². The highest BCUT2D eigenvalue weighted by Gasteiger charge is 2.24. The molecular formula is C24H15IN2O2. The van der Waals surface area contributed by atoms with Crippen molar-refractivity contribution in [3.05, 3.63) is 99.6 Å². The molecule has 0 radical (unpaired) electrons. The van der Waals surface area contributed by atoms with Crippen molar-refractivity contribution in [3.63, 3.8) is 0 Å². The Morgan fingerprint density at radius 1 is 0.862 bits per heavy atom. The molecule has 0 spiro atoms. The maximum absolute atomic E-state index is 12.8. The molecule has 29 heavy (non-hydrogen) atoms. The van der Waals surface area contributed by atoms with Crippen LogP contribution in [0.4, 0.5) is 5.88 Å². The fraction of sp³-hybridized carbons (Fsp3) is 0. The molecule has 0 aliphatic carbocycles. The summed E-state index contributed by atoms with van der Waals surface area (Å²) in [5.41, 5.74) is 3.17. The maximum Gasteiger partial charge on any atom is 0.259 e. The molecule has 0 aliphatic heterocycles. The van der Waals surface area contributed by atoms with E-state index in [1.165, 1.54) is 0 Å². The van der Waals surface area contributed by atoms with Gasteiger partial charge in [0.25, 0.3) is 5.91 Å². The van der Waals surface area contributed by atoms with Crippen LogP contribution < -0.4 is 5.32 Å². The lowest BCUT2D eigenvalue weighted by atomic mass is 9.98. The fourth-order valence-corrected chi connectivity index (χ4v) is 3.75. The number of amides is 1. The summed E-state index contributed by atoms with van der Waals surface area (Å²) in [6.45, 7) is 0. The minimum atomic E-state index is -0.320. The van der Waals surface area contributed by atoms with E-state index in [0.717, 1.165) is 14.7 Å². The van der Waals surface area contributed by atoms with Crippen molar-refractivity contribution in [1.82, 2.24) is 0 Å². The minimum absolute atomic E-state index is 0.148. The molecule has 0 aliphatic rings. The summed E-state index contributed by atoms with van der Waals surface area (Å²) >= 11 is 2.11. The van der Waals surface area contributed by atoms with Crippen molar-refractivity contribution in [2.24, 2.45) is 0 Å². The molecule has 4 rings (SSSR count). The first-order chi connectivity index (χ1) is 14.2. The molecule has 0 bridgehead atoms. The van der Waals surface area contributed by atoms with Crippen LogP contribution in [0.3, 0.4) is 0 Å². The lowest BCUT2D eigenvalue weighted by molar-refractivity contribution is 0.102. The van der Waals surface area contributed by atoms with Gasteiger partial charge in [-0.2, -0.15) is 5.26 Å². The van der Waals surface area contributed by atoms with E-state index in [2.05, 4.69) is 34.0 Å². The number of furan rings is 1. The zero-order chi connectivity index (χ0) is 20.2. The number of carbonyl (C=O) groups excluding carboxylic acids is 1. The first-order valence-corrected chi connectivity index (χ1v) is 10.0. The van der Waals surface area contributed by atoms with Crippen molar-refractivity contribution < 1.29 is 9.21 Å². The predicted molar refractivity (Wildman–Crippen MR) is 121 cm³/mol. The second-order valence-electron chi connectivity index (χ2n) is 6.29. The van der Waals surface area contributed by atoms with Gasteiger partial charge in [-0.25, -0.2) is 0 Å². The maximum atomic E-state index is 12.8. The average Bonchev–Trinajstić information content (AvgIpc) is 3.13. The van der Waals surface area contributed by atoms with Crippen LogP contribution in [0.15, 0.2) is 89.3 Å². The quantitative estimate of drug-likeness (QED) is 0.340. The predicted octanol–water partition coefficient (Wildman–Crippen LogP) is 6.34. The molecule has 0 atom stereocenters. The van der Waals surface area contributed by atoms with Crippen molar-refractivity contribution in [3.8, 4) is 28.5 Å². The fourth-order valence-electron chi connectivity index (χ4n) is 3.11. The lowest BCUT2D eigenvalue weighted by Crippen LogP contribution is -2.13. The van der Waals surface area contributed by atoms with Crippen molar-refractivity contribution >= 4 is 34.4 Å². The van der Waals surface area contributed by atoms with Crippen molar-refractivity contribution in [1.29, 1.82) is 5.26 Å². The highest BCUT2D eigenvalue weighted by Crippen LogP contribution is 2.41. The third-order valence-corrected chi connectivity index (χ3v) is 5.40. The summed E-state index contributed by atoms with van der Waals surface area (Å²) in [6.07, 6.45) is 0. The lowest BCUT2D eigenvalue weighted by Gasteiger charge is -2.04.